The molecule has 0 aliphatic carbocycles. The van der Waals surface area contributed by atoms with Crippen molar-refractivity contribution in [3.63, 3.8) is 0 Å². The van der Waals surface area contributed by atoms with E-state index in [0.717, 1.165) is 11.4 Å². The number of pyridine rings is 1. The molecule has 1 aliphatic heterocycles. The summed E-state index contributed by atoms with van der Waals surface area (Å²) >= 11 is 1.86. The van der Waals surface area contributed by atoms with Gasteiger partial charge in [0.25, 0.3) is 5.91 Å². The van der Waals surface area contributed by atoms with Gasteiger partial charge in [0.15, 0.2) is 5.43 Å². The highest BCUT2D eigenvalue weighted by Crippen LogP contribution is 2.29. The van der Waals surface area contributed by atoms with E-state index in [2.05, 4.69) is 18.8 Å². The molecule has 0 saturated carbocycles. The number of aromatic nitrogens is 1. The van der Waals surface area contributed by atoms with Gasteiger partial charge in [-0.1, -0.05) is 0 Å². The highest BCUT2D eigenvalue weighted by Gasteiger charge is 2.30. The minimum absolute atomic E-state index is 0.0609. The fourth-order valence-electron chi connectivity index (χ4n) is 2.10. The molecule has 1 aromatic rings. The van der Waals surface area contributed by atoms with Crippen LogP contribution in [-0.2, 0) is 0 Å². The molecule has 0 atom stereocenters. The Kier molecular flexibility index (Phi) is 3.52. The van der Waals surface area contributed by atoms with Crippen LogP contribution in [-0.4, -0.2) is 39.4 Å². The Balaban J connectivity index is 2.23. The van der Waals surface area contributed by atoms with Crippen molar-refractivity contribution in [1.29, 1.82) is 0 Å². The number of carbonyl (C=O) groups excluding carboxylic acids is 1. The summed E-state index contributed by atoms with van der Waals surface area (Å²) in [5.41, 5.74) is 0.807. The lowest BCUT2D eigenvalue weighted by Crippen LogP contribution is -2.47. The number of hydrogen-bond donors (Lipinski definition) is 1. The standard InChI is InChI=1S/C13H18N2O2S/c1-9-6-11(16)10(7-14-9)12(17)15-4-5-18-13(2,3)8-15/h6-7H,4-5,8H2,1-3H3,(H,14,16). The molecule has 18 heavy (non-hydrogen) atoms. The second kappa shape index (κ2) is 4.80. The summed E-state index contributed by atoms with van der Waals surface area (Å²) in [6, 6.07) is 1.47. The average molecular weight is 266 g/mol. The van der Waals surface area contributed by atoms with E-state index < -0.39 is 0 Å². The third kappa shape index (κ3) is 2.77. The van der Waals surface area contributed by atoms with Crippen LogP contribution >= 0.6 is 11.8 Å². The van der Waals surface area contributed by atoms with Crippen molar-refractivity contribution in [1.82, 2.24) is 9.88 Å². The number of hydrogen-bond acceptors (Lipinski definition) is 3. The molecule has 1 N–H and O–H groups in total. The molecule has 5 heteroatoms. The van der Waals surface area contributed by atoms with Gasteiger partial charge in [-0.05, 0) is 20.8 Å². The van der Waals surface area contributed by atoms with Crippen LogP contribution in [0.1, 0.15) is 29.9 Å². The van der Waals surface area contributed by atoms with Gasteiger partial charge in [-0.25, -0.2) is 0 Å². The Morgan fingerprint density at radius 2 is 2.22 bits per heavy atom. The first-order valence-corrected chi connectivity index (χ1v) is 7.00. The zero-order chi connectivity index (χ0) is 13.3. The number of aryl methyl sites for hydroxylation is 1. The van der Waals surface area contributed by atoms with E-state index >= 15 is 0 Å². The van der Waals surface area contributed by atoms with Crippen LogP contribution in [0.25, 0.3) is 0 Å². The molecule has 98 valence electrons. The molecule has 1 saturated heterocycles. The zero-order valence-electron chi connectivity index (χ0n) is 10.9. The minimum atomic E-state index is -0.202. The van der Waals surface area contributed by atoms with E-state index in [4.69, 9.17) is 0 Å². The predicted octanol–water partition coefficient (Wildman–Crippen LogP) is 1.65. The second-order valence-corrected chi connectivity index (χ2v) is 7.03. The lowest BCUT2D eigenvalue weighted by atomic mass is 10.1. The topological polar surface area (TPSA) is 53.2 Å². The number of thioether (sulfide) groups is 1. The van der Waals surface area contributed by atoms with E-state index in [0.29, 0.717) is 13.1 Å². The maximum Gasteiger partial charge on any atom is 0.259 e. The molecule has 0 bridgehead atoms. The molecule has 1 aliphatic rings. The molecular weight excluding hydrogens is 248 g/mol. The van der Waals surface area contributed by atoms with E-state index in [1.54, 1.807) is 11.8 Å². The Bertz CT molecular complexity index is 522. The largest absolute Gasteiger partial charge is 0.364 e. The van der Waals surface area contributed by atoms with Crippen molar-refractivity contribution in [2.24, 2.45) is 0 Å². The number of carbonyl (C=O) groups is 1. The van der Waals surface area contributed by atoms with Crippen molar-refractivity contribution in [2.75, 3.05) is 18.8 Å². The number of amides is 1. The summed E-state index contributed by atoms with van der Waals surface area (Å²) in [5, 5.41) is 0. The van der Waals surface area contributed by atoms with Gasteiger partial charge in [0.05, 0.1) is 0 Å². The average Bonchev–Trinajstić information content (AvgIpc) is 2.27. The quantitative estimate of drug-likeness (QED) is 0.841. The summed E-state index contributed by atoms with van der Waals surface area (Å²) in [4.78, 5) is 28.8. The summed E-state index contributed by atoms with van der Waals surface area (Å²) in [6.45, 7) is 7.44. The third-order valence-electron chi connectivity index (χ3n) is 3.00. The van der Waals surface area contributed by atoms with Crippen molar-refractivity contribution in [3.05, 3.63) is 33.7 Å². The van der Waals surface area contributed by atoms with Crippen LogP contribution in [0.5, 0.6) is 0 Å². The smallest absolute Gasteiger partial charge is 0.259 e. The monoisotopic (exact) mass is 266 g/mol. The molecule has 4 nitrogen and oxygen atoms in total. The molecule has 0 aromatic carbocycles. The van der Waals surface area contributed by atoms with Crippen molar-refractivity contribution in [3.8, 4) is 0 Å². The van der Waals surface area contributed by atoms with Gasteiger partial charge < -0.3 is 9.88 Å². The van der Waals surface area contributed by atoms with Gasteiger partial charge in [-0.2, -0.15) is 11.8 Å². The Labute approximate surface area is 111 Å². The lowest BCUT2D eigenvalue weighted by molar-refractivity contribution is 0.0746. The SMILES string of the molecule is Cc1cc(=O)c(C(=O)N2CCSC(C)(C)C2)c[nH]1. The van der Waals surface area contributed by atoms with Crippen LogP contribution in [0, 0.1) is 6.92 Å². The van der Waals surface area contributed by atoms with Crippen LogP contribution < -0.4 is 5.43 Å². The number of aromatic amines is 1. The first-order valence-electron chi connectivity index (χ1n) is 6.02. The molecule has 1 fully saturated rings. The Hall–Kier alpha value is -1.23. The van der Waals surface area contributed by atoms with Gasteiger partial charge in [-0.15, -0.1) is 0 Å². The van der Waals surface area contributed by atoms with E-state index in [9.17, 15) is 9.59 Å². The van der Waals surface area contributed by atoms with E-state index in [1.807, 2.05) is 11.8 Å². The second-order valence-electron chi connectivity index (χ2n) is 5.23. The summed E-state index contributed by atoms with van der Waals surface area (Å²) in [7, 11) is 0. The first-order chi connectivity index (χ1) is 8.39. The molecule has 0 unspecified atom stereocenters. The van der Waals surface area contributed by atoms with Gasteiger partial charge >= 0.3 is 0 Å². The van der Waals surface area contributed by atoms with Gasteiger partial charge in [0.1, 0.15) is 5.56 Å². The van der Waals surface area contributed by atoms with Gasteiger partial charge in [-0.3, -0.25) is 9.59 Å². The molecule has 2 heterocycles. The summed E-state index contributed by atoms with van der Waals surface area (Å²) in [6.07, 6.45) is 1.52. The zero-order valence-corrected chi connectivity index (χ0v) is 11.8. The summed E-state index contributed by atoms with van der Waals surface area (Å²) in [5.74, 6) is 0.757. The number of H-pyrrole nitrogens is 1. The molecule has 1 amide bonds. The predicted molar refractivity (Wildman–Crippen MR) is 74.2 cm³/mol. The maximum atomic E-state index is 12.3. The molecule has 1 aromatic heterocycles. The third-order valence-corrected chi connectivity index (χ3v) is 4.30. The number of nitrogens with zero attached hydrogens (tertiary/aromatic N) is 1. The molecule has 2 rings (SSSR count). The van der Waals surface area contributed by atoms with Crippen LogP contribution in [0.3, 0.4) is 0 Å². The van der Waals surface area contributed by atoms with Crippen molar-refractivity contribution < 1.29 is 4.79 Å². The first kappa shape index (κ1) is 13.2. The maximum absolute atomic E-state index is 12.3. The van der Waals surface area contributed by atoms with Crippen molar-refractivity contribution in [2.45, 2.75) is 25.5 Å². The Morgan fingerprint density at radius 3 is 2.83 bits per heavy atom. The molecule has 0 spiro atoms. The fraction of sp³-hybridized carbons (Fsp3) is 0.538. The van der Waals surface area contributed by atoms with Crippen LogP contribution in [0.15, 0.2) is 17.1 Å². The highest BCUT2D eigenvalue weighted by atomic mass is 32.2. The van der Waals surface area contributed by atoms with E-state index in [1.165, 1.54) is 12.3 Å². The fourth-order valence-corrected chi connectivity index (χ4v) is 3.21. The molecular formula is C13H18N2O2S. The minimum Gasteiger partial charge on any atom is -0.364 e. The van der Waals surface area contributed by atoms with Crippen molar-refractivity contribution >= 4 is 17.7 Å². The number of nitrogens with one attached hydrogen (secondary N) is 1. The van der Waals surface area contributed by atoms with Crippen LogP contribution in [0.4, 0.5) is 0 Å². The van der Waals surface area contributed by atoms with Gasteiger partial charge in [0, 0.05) is 41.5 Å². The molecule has 0 radical (unpaired) electrons. The normalized spacial score (nSPS) is 18.7. The number of rotatable bonds is 1. The summed E-state index contributed by atoms with van der Waals surface area (Å²) < 4.78 is 0.0609. The van der Waals surface area contributed by atoms with E-state index in [-0.39, 0.29) is 21.6 Å². The Morgan fingerprint density at radius 1 is 1.50 bits per heavy atom. The van der Waals surface area contributed by atoms with Gasteiger partial charge in [0.2, 0.25) is 0 Å². The highest BCUT2D eigenvalue weighted by molar-refractivity contribution is 8.00. The lowest BCUT2D eigenvalue weighted by Gasteiger charge is -2.37. The van der Waals surface area contributed by atoms with Crippen LogP contribution in [0.2, 0.25) is 0 Å².